The molecule has 1 aromatic rings. The molecule has 0 fully saturated rings. The lowest BCUT2D eigenvalue weighted by molar-refractivity contribution is -0.141. The van der Waals surface area contributed by atoms with Crippen molar-refractivity contribution in [3.8, 4) is 12.3 Å². The fourth-order valence-electron chi connectivity index (χ4n) is 1.53. The average Bonchev–Trinajstić information content (AvgIpc) is 2.37. The van der Waals surface area contributed by atoms with Gasteiger partial charge in [0.25, 0.3) is 0 Å². The van der Waals surface area contributed by atoms with Crippen molar-refractivity contribution in [1.29, 1.82) is 0 Å². The fraction of sp³-hybridized carbons (Fsp3) is 0.286. The van der Waals surface area contributed by atoms with Crippen molar-refractivity contribution in [1.82, 2.24) is 5.32 Å². The number of carboxylic acids is 1. The summed E-state index contributed by atoms with van der Waals surface area (Å²) in [6, 6.07) is 6.15. The maximum Gasteiger partial charge on any atom is 0.327 e. The van der Waals surface area contributed by atoms with Gasteiger partial charge in [-0.25, -0.2) is 4.79 Å². The van der Waals surface area contributed by atoms with Gasteiger partial charge in [-0.1, -0.05) is 12.1 Å². The van der Waals surface area contributed by atoms with Gasteiger partial charge in [0.15, 0.2) is 0 Å². The lowest BCUT2D eigenvalue weighted by Gasteiger charge is -2.11. The molecule has 19 heavy (non-hydrogen) atoms. The average molecular weight is 260 g/mol. The van der Waals surface area contributed by atoms with Gasteiger partial charge in [0.1, 0.15) is 6.04 Å². The van der Waals surface area contributed by atoms with Crippen molar-refractivity contribution in [2.45, 2.75) is 25.3 Å². The highest BCUT2D eigenvalue weighted by Gasteiger charge is 2.18. The molecule has 0 aliphatic rings. The number of carboxylic acid groups (broad SMARTS) is 1. The van der Waals surface area contributed by atoms with Crippen LogP contribution >= 0.6 is 0 Å². The molecule has 1 unspecified atom stereocenters. The third-order valence-electron chi connectivity index (χ3n) is 2.58. The summed E-state index contributed by atoms with van der Waals surface area (Å²) in [6.07, 6.45) is 5.75. The molecule has 5 nitrogen and oxygen atoms in total. The smallest absolute Gasteiger partial charge is 0.327 e. The summed E-state index contributed by atoms with van der Waals surface area (Å²) in [4.78, 5) is 22.4. The van der Waals surface area contributed by atoms with Crippen LogP contribution in [-0.2, 0) is 16.0 Å². The Labute approximate surface area is 111 Å². The van der Waals surface area contributed by atoms with Crippen LogP contribution in [0, 0.1) is 12.3 Å². The second-order valence-electron chi connectivity index (χ2n) is 4.11. The number of carbonyl (C=O) groups excluding carboxylic acids is 1. The number of anilines is 1. The third-order valence-corrected chi connectivity index (χ3v) is 2.58. The maximum atomic E-state index is 11.6. The first-order valence-electron chi connectivity index (χ1n) is 5.83. The Bertz CT molecular complexity index is 488. The van der Waals surface area contributed by atoms with Crippen LogP contribution in [0.15, 0.2) is 24.3 Å². The number of aliphatic carboxylic acids is 1. The lowest BCUT2D eigenvalue weighted by atomic mass is 10.1. The number of benzene rings is 1. The summed E-state index contributed by atoms with van der Waals surface area (Å²) < 4.78 is 0. The topological polar surface area (TPSA) is 92.4 Å². The minimum Gasteiger partial charge on any atom is -0.480 e. The number of nitrogens with one attached hydrogen (secondary N) is 1. The molecule has 1 aromatic carbocycles. The second kappa shape index (κ2) is 7.07. The highest BCUT2D eigenvalue weighted by atomic mass is 16.4. The van der Waals surface area contributed by atoms with Crippen LogP contribution < -0.4 is 11.1 Å². The molecule has 1 amide bonds. The van der Waals surface area contributed by atoms with Gasteiger partial charge in [-0.2, -0.15) is 0 Å². The summed E-state index contributed by atoms with van der Waals surface area (Å²) in [6.45, 7) is 0. The Kier molecular flexibility index (Phi) is 5.42. The number of nitrogens with two attached hydrogens (primary N) is 1. The first kappa shape index (κ1) is 14.6. The molecule has 0 aliphatic heterocycles. The van der Waals surface area contributed by atoms with Crippen molar-refractivity contribution in [3.05, 3.63) is 29.8 Å². The van der Waals surface area contributed by atoms with Crippen molar-refractivity contribution in [2.75, 3.05) is 5.73 Å². The number of nitrogen functional groups attached to an aromatic ring is 1. The molecule has 4 N–H and O–H groups in total. The van der Waals surface area contributed by atoms with E-state index in [4.69, 9.17) is 17.3 Å². The Morgan fingerprint density at radius 1 is 1.37 bits per heavy atom. The Balaban J connectivity index is 2.45. The van der Waals surface area contributed by atoms with Crippen LogP contribution in [0.4, 0.5) is 5.69 Å². The molecule has 100 valence electrons. The molecule has 1 rings (SSSR count). The van der Waals surface area contributed by atoms with E-state index in [1.54, 1.807) is 12.1 Å². The van der Waals surface area contributed by atoms with E-state index >= 15 is 0 Å². The highest BCUT2D eigenvalue weighted by molar-refractivity contribution is 5.83. The summed E-state index contributed by atoms with van der Waals surface area (Å²) >= 11 is 0. The largest absolute Gasteiger partial charge is 0.480 e. The molecule has 0 saturated carbocycles. The molecule has 0 aromatic heterocycles. The van der Waals surface area contributed by atoms with E-state index in [2.05, 4.69) is 11.2 Å². The van der Waals surface area contributed by atoms with Gasteiger partial charge < -0.3 is 16.2 Å². The molecular weight excluding hydrogens is 244 g/mol. The van der Waals surface area contributed by atoms with E-state index < -0.39 is 12.0 Å². The molecular formula is C14H16N2O3. The van der Waals surface area contributed by atoms with Gasteiger partial charge in [-0.3, -0.25) is 4.79 Å². The van der Waals surface area contributed by atoms with Crippen LogP contribution in [0.2, 0.25) is 0 Å². The van der Waals surface area contributed by atoms with E-state index in [1.807, 2.05) is 12.1 Å². The van der Waals surface area contributed by atoms with Crippen molar-refractivity contribution < 1.29 is 14.7 Å². The first-order chi connectivity index (χ1) is 9.02. The Morgan fingerprint density at radius 3 is 2.53 bits per heavy atom. The molecule has 0 spiro atoms. The van der Waals surface area contributed by atoms with Crippen LogP contribution in [-0.4, -0.2) is 23.0 Å². The molecule has 5 heteroatoms. The standard InChI is InChI=1S/C14H16N2O3/c1-2-3-12(14(18)19)16-13(17)9-6-10-4-7-11(15)8-5-10/h1,4-5,7-8,12H,3,6,9,15H2,(H,16,17)(H,18,19). The molecule has 1 atom stereocenters. The predicted octanol–water partition coefficient (Wildman–Crippen LogP) is 0.794. The highest BCUT2D eigenvalue weighted by Crippen LogP contribution is 2.07. The molecule has 0 bridgehead atoms. The van der Waals surface area contributed by atoms with E-state index in [0.29, 0.717) is 12.1 Å². The van der Waals surface area contributed by atoms with Gasteiger partial charge in [0, 0.05) is 18.5 Å². The summed E-state index contributed by atoms with van der Waals surface area (Å²) in [7, 11) is 0. The number of aryl methyl sites for hydroxylation is 1. The van der Waals surface area contributed by atoms with Crippen LogP contribution in [0.25, 0.3) is 0 Å². The van der Waals surface area contributed by atoms with Crippen LogP contribution in [0.1, 0.15) is 18.4 Å². The van der Waals surface area contributed by atoms with Gasteiger partial charge in [0.2, 0.25) is 5.91 Å². The third kappa shape index (κ3) is 5.13. The SMILES string of the molecule is C#CCC(NC(=O)CCc1ccc(N)cc1)C(=O)O. The van der Waals surface area contributed by atoms with Crippen LogP contribution in [0.3, 0.4) is 0 Å². The quantitative estimate of drug-likeness (QED) is 0.521. The number of rotatable bonds is 6. The number of carbonyl (C=O) groups is 2. The van der Waals surface area contributed by atoms with Gasteiger partial charge in [0.05, 0.1) is 0 Å². The summed E-state index contributed by atoms with van der Waals surface area (Å²) in [5, 5.41) is 11.2. The number of hydrogen-bond acceptors (Lipinski definition) is 3. The summed E-state index contributed by atoms with van der Waals surface area (Å²) in [5.74, 6) is 0.765. The normalized spacial score (nSPS) is 11.3. The predicted molar refractivity (Wildman–Crippen MR) is 72.2 cm³/mol. The van der Waals surface area contributed by atoms with Gasteiger partial charge in [-0.15, -0.1) is 12.3 Å². The van der Waals surface area contributed by atoms with Crippen LogP contribution in [0.5, 0.6) is 0 Å². The molecule has 0 saturated heterocycles. The second-order valence-corrected chi connectivity index (χ2v) is 4.11. The Morgan fingerprint density at radius 2 is 2.00 bits per heavy atom. The zero-order valence-electron chi connectivity index (χ0n) is 10.4. The van der Waals surface area contributed by atoms with Crippen molar-refractivity contribution in [3.63, 3.8) is 0 Å². The Hall–Kier alpha value is -2.48. The molecule has 0 aliphatic carbocycles. The van der Waals surface area contributed by atoms with E-state index in [9.17, 15) is 9.59 Å². The minimum atomic E-state index is -1.13. The van der Waals surface area contributed by atoms with Gasteiger partial charge in [-0.05, 0) is 24.1 Å². The number of amides is 1. The number of hydrogen-bond donors (Lipinski definition) is 3. The van der Waals surface area contributed by atoms with E-state index in [-0.39, 0.29) is 18.7 Å². The maximum absolute atomic E-state index is 11.6. The molecule has 0 radical (unpaired) electrons. The zero-order valence-corrected chi connectivity index (χ0v) is 10.4. The zero-order chi connectivity index (χ0) is 14.3. The monoisotopic (exact) mass is 260 g/mol. The fourth-order valence-corrected chi connectivity index (χ4v) is 1.53. The van der Waals surface area contributed by atoms with Crippen molar-refractivity contribution >= 4 is 17.6 Å². The molecule has 0 heterocycles. The van der Waals surface area contributed by atoms with Gasteiger partial charge >= 0.3 is 5.97 Å². The van der Waals surface area contributed by atoms with E-state index in [1.165, 1.54) is 0 Å². The number of terminal acetylenes is 1. The summed E-state index contributed by atoms with van der Waals surface area (Å²) in [5.41, 5.74) is 7.18. The first-order valence-corrected chi connectivity index (χ1v) is 5.83. The van der Waals surface area contributed by atoms with E-state index in [0.717, 1.165) is 5.56 Å². The van der Waals surface area contributed by atoms with Crippen molar-refractivity contribution in [2.24, 2.45) is 0 Å². The lowest BCUT2D eigenvalue weighted by Crippen LogP contribution is -2.40. The minimum absolute atomic E-state index is 0.0249.